The van der Waals surface area contributed by atoms with Crippen LogP contribution in [0.3, 0.4) is 0 Å². The maximum Gasteiger partial charge on any atom is 0.255 e. The first kappa shape index (κ1) is 21.7. The molecule has 0 saturated carbocycles. The number of piperazine rings is 1. The van der Waals surface area contributed by atoms with Crippen molar-refractivity contribution in [3.63, 3.8) is 0 Å². The van der Waals surface area contributed by atoms with Crippen LogP contribution in [0.2, 0.25) is 5.02 Å². The highest BCUT2D eigenvalue weighted by molar-refractivity contribution is 7.89. The van der Waals surface area contributed by atoms with E-state index in [1.807, 2.05) is 13.8 Å². The van der Waals surface area contributed by atoms with E-state index in [4.69, 9.17) is 11.6 Å². The van der Waals surface area contributed by atoms with Gasteiger partial charge in [-0.25, -0.2) is 12.8 Å². The summed E-state index contributed by atoms with van der Waals surface area (Å²) in [6.45, 7) is 8.11. The molecule has 0 unspecified atom stereocenters. The number of benzene rings is 1. The molecule has 3 rings (SSSR count). The number of rotatable bonds is 4. The molecule has 1 aliphatic heterocycles. The van der Waals surface area contributed by atoms with Crippen molar-refractivity contribution < 1.29 is 17.6 Å². The van der Waals surface area contributed by atoms with Crippen molar-refractivity contribution >= 4 is 27.5 Å². The number of halogens is 2. The zero-order valence-corrected chi connectivity index (χ0v) is 18.4. The van der Waals surface area contributed by atoms with Gasteiger partial charge in [-0.15, -0.1) is 0 Å². The van der Waals surface area contributed by atoms with Crippen molar-refractivity contribution in [2.45, 2.75) is 38.6 Å². The molecule has 0 bridgehead atoms. The van der Waals surface area contributed by atoms with E-state index in [1.54, 1.807) is 18.5 Å². The van der Waals surface area contributed by atoms with Crippen LogP contribution < -0.4 is 0 Å². The zero-order valence-electron chi connectivity index (χ0n) is 16.8. The number of carbonyl (C=O) groups excluding carboxylic acids is 1. The minimum atomic E-state index is -3.73. The Morgan fingerprint density at radius 2 is 1.79 bits per heavy atom. The van der Waals surface area contributed by atoms with Crippen LogP contribution in [0.1, 0.15) is 41.6 Å². The van der Waals surface area contributed by atoms with Gasteiger partial charge in [0, 0.05) is 32.2 Å². The van der Waals surface area contributed by atoms with Gasteiger partial charge in [-0.2, -0.15) is 9.40 Å². The number of aromatic nitrogens is 2. The molecular weight excluding hydrogens is 419 g/mol. The summed E-state index contributed by atoms with van der Waals surface area (Å²) in [5.41, 5.74) is 1.27. The van der Waals surface area contributed by atoms with Gasteiger partial charge in [0.15, 0.2) is 0 Å². The lowest BCUT2D eigenvalue weighted by atomic mass is 10.2. The molecule has 1 saturated heterocycles. The summed E-state index contributed by atoms with van der Waals surface area (Å²) in [4.78, 5) is 14.4. The Bertz CT molecular complexity index is 1040. The van der Waals surface area contributed by atoms with Crippen molar-refractivity contribution in [2.75, 3.05) is 26.2 Å². The van der Waals surface area contributed by atoms with Gasteiger partial charge in [0.2, 0.25) is 10.0 Å². The lowest BCUT2D eigenvalue weighted by Gasteiger charge is -2.34. The quantitative estimate of drug-likeness (QED) is 0.729. The molecule has 2 aromatic rings. The summed E-state index contributed by atoms with van der Waals surface area (Å²) in [7, 11) is -3.73. The minimum Gasteiger partial charge on any atom is -0.336 e. The van der Waals surface area contributed by atoms with Crippen LogP contribution in [0.25, 0.3) is 0 Å². The molecule has 7 nitrogen and oxygen atoms in total. The molecule has 158 valence electrons. The van der Waals surface area contributed by atoms with Crippen molar-refractivity contribution in [1.82, 2.24) is 19.0 Å². The number of amides is 1. The van der Waals surface area contributed by atoms with E-state index in [0.29, 0.717) is 11.4 Å². The Morgan fingerprint density at radius 1 is 1.17 bits per heavy atom. The standard InChI is InChI=1S/C19H24ClFN4O3S/c1-12(2)25-14(4)18(13(3)22-25)29(27,28)24-9-7-23(8-10-24)19(26)16-6-5-15(21)11-17(16)20/h5-6,11-12H,7-10H2,1-4H3. The van der Waals surface area contributed by atoms with Gasteiger partial charge >= 0.3 is 0 Å². The van der Waals surface area contributed by atoms with E-state index in [0.717, 1.165) is 6.07 Å². The number of sulfonamides is 1. The molecule has 0 N–H and O–H groups in total. The van der Waals surface area contributed by atoms with Crippen LogP contribution >= 0.6 is 11.6 Å². The van der Waals surface area contributed by atoms with Crippen LogP contribution in [-0.4, -0.2) is 59.5 Å². The Morgan fingerprint density at radius 3 is 2.31 bits per heavy atom. The molecule has 0 radical (unpaired) electrons. The number of hydrogen-bond donors (Lipinski definition) is 0. The normalized spacial score (nSPS) is 15.9. The van der Waals surface area contributed by atoms with Gasteiger partial charge in [0.1, 0.15) is 10.7 Å². The molecule has 1 fully saturated rings. The maximum atomic E-state index is 13.2. The molecule has 0 spiro atoms. The molecule has 0 aliphatic carbocycles. The third-order valence-corrected chi connectivity index (χ3v) is 7.50. The predicted octanol–water partition coefficient (Wildman–Crippen LogP) is 3.02. The van der Waals surface area contributed by atoms with Crippen molar-refractivity contribution in [3.05, 3.63) is 46.0 Å². The first-order valence-corrected chi connectivity index (χ1v) is 11.2. The fourth-order valence-corrected chi connectivity index (χ4v) is 5.65. The first-order valence-electron chi connectivity index (χ1n) is 9.34. The second kappa shape index (κ2) is 8.04. The van der Waals surface area contributed by atoms with Crippen molar-refractivity contribution in [2.24, 2.45) is 0 Å². The predicted molar refractivity (Wildman–Crippen MR) is 108 cm³/mol. The zero-order chi connectivity index (χ0) is 21.5. The van der Waals surface area contributed by atoms with Crippen LogP contribution in [0.4, 0.5) is 4.39 Å². The van der Waals surface area contributed by atoms with E-state index in [1.165, 1.54) is 21.3 Å². The lowest BCUT2D eigenvalue weighted by molar-refractivity contribution is 0.0698. The smallest absolute Gasteiger partial charge is 0.255 e. The Kier molecular flexibility index (Phi) is 6.03. The number of hydrogen-bond acceptors (Lipinski definition) is 4. The Labute approximate surface area is 175 Å². The fourth-order valence-electron chi connectivity index (χ4n) is 3.62. The lowest BCUT2D eigenvalue weighted by Crippen LogP contribution is -2.50. The van der Waals surface area contributed by atoms with Gasteiger partial charge in [-0.05, 0) is 45.9 Å². The van der Waals surface area contributed by atoms with Crippen molar-refractivity contribution in [1.29, 1.82) is 0 Å². The maximum absolute atomic E-state index is 13.2. The summed E-state index contributed by atoms with van der Waals surface area (Å²) in [6.07, 6.45) is 0. The average Bonchev–Trinajstić information content (AvgIpc) is 2.96. The van der Waals surface area contributed by atoms with E-state index in [9.17, 15) is 17.6 Å². The molecule has 1 aliphatic rings. The van der Waals surface area contributed by atoms with Gasteiger partial charge in [0.25, 0.3) is 5.91 Å². The highest BCUT2D eigenvalue weighted by Gasteiger charge is 2.34. The van der Waals surface area contributed by atoms with Crippen molar-refractivity contribution in [3.8, 4) is 0 Å². The molecule has 10 heteroatoms. The second-order valence-corrected chi connectivity index (χ2v) is 9.64. The van der Waals surface area contributed by atoms with E-state index < -0.39 is 15.8 Å². The number of nitrogens with zero attached hydrogens (tertiary/aromatic N) is 4. The average molecular weight is 443 g/mol. The second-order valence-electron chi connectivity index (χ2n) is 7.36. The Balaban J connectivity index is 1.77. The van der Waals surface area contributed by atoms with E-state index in [-0.39, 0.29) is 53.6 Å². The highest BCUT2D eigenvalue weighted by atomic mass is 35.5. The summed E-state index contributed by atoms with van der Waals surface area (Å²) in [5.74, 6) is -0.859. The van der Waals surface area contributed by atoms with Crippen LogP contribution in [0, 0.1) is 19.7 Å². The molecule has 1 amide bonds. The number of aryl methyl sites for hydroxylation is 1. The summed E-state index contributed by atoms with van der Waals surface area (Å²) >= 11 is 5.98. The van der Waals surface area contributed by atoms with E-state index >= 15 is 0 Å². The highest BCUT2D eigenvalue weighted by Crippen LogP contribution is 2.27. The van der Waals surface area contributed by atoms with Gasteiger partial charge in [-0.3, -0.25) is 9.48 Å². The number of carbonyl (C=O) groups is 1. The first-order chi connectivity index (χ1) is 13.5. The summed E-state index contributed by atoms with van der Waals surface area (Å²) in [6, 6.07) is 3.66. The van der Waals surface area contributed by atoms with Crippen LogP contribution in [0.5, 0.6) is 0 Å². The van der Waals surface area contributed by atoms with Gasteiger partial charge < -0.3 is 4.90 Å². The van der Waals surface area contributed by atoms with Gasteiger partial charge in [-0.1, -0.05) is 11.6 Å². The SMILES string of the molecule is Cc1nn(C(C)C)c(C)c1S(=O)(=O)N1CCN(C(=O)c2ccc(F)cc2Cl)CC1. The molecule has 1 aromatic heterocycles. The fraction of sp³-hybridized carbons (Fsp3) is 0.474. The van der Waals surface area contributed by atoms with Crippen LogP contribution in [-0.2, 0) is 10.0 Å². The monoisotopic (exact) mass is 442 g/mol. The molecule has 0 atom stereocenters. The molecule has 2 heterocycles. The van der Waals surface area contributed by atoms with Crippen LogP contribution in [0.15, 0.2) is 23.1 Å². The summed E-state index contributed by atoms with van der Waals surface area (Å²) in [5, 5.41) is 4.41. The van der Waals surface area contributed by atoms with Gasteiger partial charge in [0.05, 0.1) is 22.0 Å². The Hall–Kier alpha value is -1.97. The topological polar surface area (TPSA) is 75.5 Å². The largest absolute Gasteiger partial charge is 0.336 e. The minimum absolute atomic E-state index is 0.0393. The summed E-state index contributed by atoms with van der Waals surface area (Å²) < 4.78 is 42.7. The molecule has 1 aromatic carbocycles. The molecule has 29 heavy (non-hydrogen) atoms. The third-order valence-electron chi connectivity index (χ3n) is 5.03. The van der Waals surface area contributed by atoms with E-state index in [2.05, 4.69) is 5.10 Å². The molecular formula is C19H24ClFN4O3S. The third kappa shape index (κ3) is 4.04.